The molecule has 0 amide bonds. The maximum absolute atomic E-state index is 13.3. The maximum Gasteiger partial charge on any atom is 0.210 e. The number of carbonyl (C=O) groups is 1. The molecule has 0 aliphatic carbocycles. The fourth-order valence-electron chi connectivity index (χ4n) is 3.58. The van der Waals surface area contributed by atoms with E-state index < -0.39 is 0 Å². The summed E-state index contributed by atoms with van der Waals surface area (Å²) in [6, 6.07) is 15.7. The van der Waals surface area contributed by atoms with Crippen LogP contribution < -0.4 is 10.1 Å². The number of hydrogen-bond acceptors (Lipinski definition) is 3. The van der Waals surface area contributed by atoms with Crippen LogP contribution in [0.5, 0.6) is 5.75 Å². The molecule has 4 nitrogen and oxygen atoms in total. The Morgan fingerprint density at radius 2 is 1.87 bits per heavy atom. The average molecular weight is 407 g/mol. The van der Waals surface area contributed by atoms with Gasteiger partial charge < -0.3 is 14.5 Å². The highest BCUT2D eigenvalue weighted by Gasteiger charge is 2.18. The lowest BCUT2D eigenvalue weighted by Crippen LogP contribution is -2.28. The monoisotopic (exact) mass is 406 g/mol. The first kappa shape index (κ1) is 22.1. The van der Waals surface area contributed by atoms with Crippen molar-refractivity contribution in [1.82, 2.24) is 9.72 Å². The van der Waals surface area contributed by atoms with Crippen molar-refractivity contribution < 1.29 is 9.53 Å². The van der Waals surface area contributed by atoms with E-state index in [4.69, 9.17) is 4.74 Å². The van der Waals surface area contributed by atoms with Crippen molar-refractivity contribution in [2.24, 2.45) is 5.41 Å². The molecule has 3 rings (SSSR count). The molecule has 0 fully saturated rings. The summed E-state index contributed by atoms with van der Waals surface area (Å²) in [4.78, 5) is 13.3. The number of rotatable bonds is 10. The number of fused-ring (bicyclic) bond motifs is 1. The highest BCUT2D eigenvalue weighted by Crippen LogP contribution is 2.23. The first-order chi connectivity index (χ1) is 14.4. The van der Waals surface area contributed by atoms with Crippen molar-refractivity contribution in [1.29, 1.82) is 0 Å². The first-order valence-electron chi connectivity index (χ1n) is 11.0. The van der Waals surface area contributed by atoms with Crippen LogP contribution in [0.4, 0.5) is 0 Å². The Kier molecular flexibility index (Phi) is 7.33. The zero-order chi connectivity index (χ0) is 21.6. The van der Waals surface area contributed by atoms with Crippen LogP contribution in [-0.4, -0.2) is 29.9 Å². The zero-order valence-corrected chi connectivity index (χ0v) is 18.7. The van der Waals surface area contributed by atoms with Crippen molar-refractivity contribution in [3.05, 3.63) is 71.5 Å². The Morgan fingerprint density at radius 1 is 1.10 bits per heavy atom. The summed E-state index contributed by atoms with van der Waals surface area (Å²) in [5.41, 5.74) is 3.92. The molecular weight excluding hydrogens is 372 g/mol. The highest BCUT2D eigenvalue weighted by atomic mass is 16.5. The lowest BCUT2D eigenvalue weighted by Gasteiger charge is -2.18. The second-order valence-electron chi connectivity index (χ2n) is 9.06. The molecule has 0 radical (unpaired) electrons. The minimum absolute atomic E-state index is 0.0579. The lowest BCUT2D eigenvalue weighted by molar-refractivity contribution is 0.103. The molecule has 0 saturated carbocycles. The molecule has 1 aromatic carbocycles. The summed E-state index contributed by atoms with van der Waals surface area (Å²) < 4.78 is 7.84. The maximum atomic E-state index is 13.3. The molecule has 30 heavy (non-hydrogen) atoms. The molecular formula is C26H34N2O2. The molecule has 4 heteroatoms. The van der Waals surface area contributed by atoms with Gasteiger partial charge in [-0.2, -0.15) is 0 Å². The van der Waals surface area contributed by atoms with Gasteiger partial charge in [0, 0.05) is 17.3 Å². The van der Waals surface area contributed by atoms with E-state index in [1.54, 1.807) is 0 Å². The van der Waals surface area contributed by atoms with E-state index in [1.807, 2.05) is 53.1 Å². The van der Waals surface area contributed by atoms with E-state index in [-0.39, 0.29) is 5.78 Å². The summed E-state index contributed by atoms with van der Waals surface area (Å²) in [6.45, 7) is 11.4. The molecule has 3 aromatic rings. The fraction of sp³-hybridized carbons (Fsp3) is 0.423. The molecule has 0 aliphatic heterocycles. The third-order valence-electron chi connectivity index (χ3n) is 5.03. The number of nitrogens with zero attached hydrogens (tertiary/aromatic N) is 1. The van der Waals surface area contributed by atoms with Crippen molar-refractivity contribution in [2.45, 2.75) is 47.0 Å². The van der Waals surface area contributed by atoms with Gasteiger partial charge in [-0.25, -0.2) is 0 Å². The Labute approximate surface area is 180 Å². The summed E-state index contributed by atoms with van der Waals surface area (Å²) in [5.74, 6) is 0.860. The second kappa shape index (κ2) is 9.94. The third kappa shape index (κ3) is 5.73. The summed E-state index contributed by atoms with van der Waals surface area (Å²) in [7, 11) is 0. The summed E-state index contributed by atoms with van der Waals surface area (Å²) in [6.07, 6.45) is 4.82. The van der Waals surface area contributed by atoms with Crippen LogP contribution in [-0.2, 0) is 6.42 Å². The third-order valence-corrected chi connectivity index (χ3v) is 5.03. The Balaban J connectivity index is 1.62. The smallest absolute Gasteiger partial charge is 0.210 e. The molecule has 0 atom stereocenters. The molecule has 2 heterocycles. The molecule has 1 N–H and O–H groups in total. The SMILES string of the molecule is CCCc1cc2ccccn2c1C(=O)c1ccc(OCCCNCC(C)(C)C)cc1. The molecule has 2 aromatic heterocycles. The van der Waals surface area contributed by atoms with Crippen LogP contribution in [0.3, 0.4) is 0 Å². The van der Waals surface area contributed by atoms with Gasteiger partial charge in [-0.3, -0.25) is 4.79 Å². The predicted octanol–water partition coefficient (Wildman–Crippen LogP) is 5.53. The van der Waals surface area contributed by atoms with Gasteiger partial charge in [0.15, 0.2) is 0 Å². The highest BCUT2D eigenvalue weighted by molar-refractivity contribution is 6.09. The van der Waals surface area contributed by atoms with E-state index in [1.165, 1.54) is 0 Å². The van der Waals surface area contributed by atoms with Gasteiger partial charge in [0.2, 0.25) is 5.78 Å². The summed E-state index contributed by atoms with van der Waals surface area (Å²) >= 11 is 0. The minimum atomic E-state index is 0.0579. The van der Waals surface area contributed by atoms with E-state index in [0.717, 1.165) is 54.9 Å². The van der Waals surface area contributed by atoms with Crippen LogP contribution in [0.1, 0.15) is 62.2 Å². The molecule has 0 saturated heterocycles. The van der Waals surface area contributed by atoms with Crippen molar-refractivity contribution in [3.8, 4) is 5.75 Å². The standard InChI is InChI=1S/C26H34N2O2/c1-5-9-21-18-22-10-6-7-16-28(22)24(21)25(29)20-11-13-23(14-12-20)30-17-8-15-27-19-26(2,3)4/h6-7,10-14,16,18,27H,5,8-9,15,17,19H2,1-4H3. The van der Waals surface area contributed by atoms with Gasteiger partial charge >= 0.3 is 0 Å². The number of carbonyl (C=O) groups excluding carboxylic acids is 1. The number of benzene rings is 1. The van der Waals surface area contributed by atoms with Crippen molar-refractivity contribution >= 4 is 11.3 Å². The van der Waals surface area contributed by atoms with Crippen LogP contribution in [0.2, 0.25) is 0 Å². The molecule has 0 spiro atoms. The zero-order valence-electron chi connectivity index (χ0n) is 18.7. The number of nitrogens with one attached hydrogen (secondary N) is 1. The number of aromatic nitrogens is 1. The van der Waals surface area contributed by atoms with Gasteiger partial charge in [-0.05, 0) is 79.4 Å². The molecule has 0 bridgehead atoms. The quantitative estimate of drug-likeness (QED) is 0.356. The number of ether oxygens (including phenoxy) is 1. The first-order valence-corrected chi connectivity index (χ1v) is 11.0. The number of hydrogen-bond donors (Lipinski definition) is 1. The molecule has 0 aliphatic rings. The van der Waals surface area contributed by atoms with Gasteiger partial charge in [0.1, 0.15) is 5.75 Å². The second-order valence-corrected chi connectivity index (χ2v) is 9.06. The lowest BCUT2D eigenvalue weighted by atomic mass is 9.97. The Hall–Kier alpha value is -2.59. The van der Waals surface area contributed by atoms with E-state index in [2.05, 4.69) is 39.1 Å². The Bertz CT molecular complexity index is 965. The van der Waals surface area contributed by atoms with Gasteiger partial charge in [-0.1, -0.05) is 40.2 Å². The van der Waals surface area contributed by atoms with Crippen LogP contribution in [0.25, 0.3) is 5.52 Å². The van der Waals surface area contributed by atoms with Crippen LogP contribution >= 0.6 is 0 Å². The van der Waals surface area contributed by atoms with E-state index >= 15 is 0 Å². The van der Waals surface area contributed by atoms with Crippen molar-refractivity contribution in [3.63, 3.8) is 0 Å². The van der Waals surface area contributed by atoms with Gasteiger partial charge in [-0.15, -0.1) is 0 Å². The van der Waals surface area contributed by atoms with E-state index in [9.17, 15) is 4.79 Å². The topological polar surface area (TPSA) is 42.7 Å². The normalized spacial score (nSPS) is 11.7. The average Bonchev–Trinajstić information content (AvgIpc) is 3.08. The Morgan fingerprint density at radius 3 is 2.57 bits per heavy atom. The van der Waals surface area contributed by atoms with Crippen molar-refractivity contribution in [2.75, 3.05) is 19.7 Å². The van der Waals surface area contributed by atoms with E-state index in [0.29, 0.717) is 17.6 Å². The minimum Gasteiger partial charge on any atom is -0.494 e. The van der Waals surface area contributed by atoms with Gasteiger partial charge in [0.05, 0.1) is 12.3 Å². The number of aryl methyl sites for hydroxylation is 1. The van der Waals surface area contributed by atoms with Crippen LogP contribution in [0, 0.1) is 5.41 Å². The largest absolute Gasteiger partial charge is 0.494 e. The number of ketones is 1. The van der Waals surface area contributed by atoms with Gasteiger partial charge in [0.25, 0.3) is 0 Å². The predicted molar refractivity (Wildman–Crippen MR) is 124 cm³/mol. The molecule has 160 valence electrons. The van der Waals surface area contributed by atoms with Crippen LogP contribution in [0.15, 0.2) is 54.7 Å². The summed E-state index contributed by atoms with van der Waals surface area (Å²) in [5, 5.41) is 3.45. The number of pyridine rings is 1. The fourth-order valence-corrected chi connectivity index (χ4v) is 3.58. The molecule has 0 unspecified atom stereocenters.